The van der Waals surface area contributed by atoms with E-state index in [2.05, 4.69) is 24.3 Å². The molecule has 1 amide bonds. The Bertz CT molecular complexity index is 656. The molecule has 0 atom stereocenters. The van der Waals surface area contributed by atoms with Crippen LogP contribution in [0.5, 0.6) is 0 Å². The van der Waals surface area contributed by atoms with Gasteiger partial charge in [0.05, 0.1) is 5.69 Å². The lowest BCUT2D eigenvalue weighted by atomic mass is 10.1. The van der Waals surface area contributed by atoms with Gasteiger partial charge in [-0.15, -0.1) is 0 Å². The number of hydrogen-bond acceptors (Lipinski definition) is 2. The van der Waals surface area contributed by atoms with Gasteiger partial charge in [0.2, 0.25) is 0 Å². The first-order valence-corrected chi connectivity index (χ1v) is 8.21. The second-order valence-corrected chi connectivity index (χ2v) is 5.86. The highest BCUT2D eigenvalue weighted by Gasteiger charge is 2.27. The monoisotopic (exact) mass is 297 g/mol. The van der Waals surface area contributed by atoms with E-state index >= 15 is 0 Å². The number of nitrogens with zero attached hydrogens (tertiary/aromatic N) is 2. The summed E-state index contributed by atoms with van der Waals surface area (Å²) in [6.07, 6.45) is 4.95. The number of carbonyl (C=O) groups excluding carboxylic acids is 1. The van der Waals surface area contributed by atoms with Gasteiger partial charge < -0.3 is 5.32 Å². The summed E-state index contributed by atoms with van der Waals surface area (Å²) in [5, 5.41) is 7.74. The predicted octanol–water partition coefficient (Wildman–Crippen LogP) is 3.28. The smallest absolute Gasteiger partial charge is 0.272 e. The van der Waals surface area contributed by atoms with Gasteiger partial charge in [0.15, 0.2) is 5.69 Å². The third-order valence-electron chi connectivity index (χ3n) is 4.47. The van der Waals surface area contributed by atoms with Crippen molar-refractivity contribution >= 4 is 5.91 Å². The third-order valence-corrected chi connectivity index (χ3v) is 4.47. The second-order valence-electron chi connectivity index (χ2n) is 5.86. The van der Waals surface area contributed by atoms with Crippen LogP contribution in [0, 0.1) is 0 Å². The van der Waals surface area contributed by atoms with Crippen molar-refractivity contribution in [3.63, 3.8) is 0 Å². The van der Waals surface area contributed by atoms with Crippen molar-refractivity contribution in [2.24, 2.45) is 0 Å². The Morgan fingerprint density at radius 2 is 1.95 bits per heavy atom. The van der Waals surface area contributed by atoms with Gasteiger partial charge in [0, 0.05) is 17.3 Å². The van der Waals surface area contributed by atoms with Crippen LogP contribution in [0.15, 0.2) is 30.3 Å². The van der Waals surface area contributed by atoms with E-state index in [0.717, 1.165) is 43.4 Å². The quantitative estimate of drug-likeness (QED) is 0.920. The van der Waals surface area contributed by atoms with Crippen LogP contribution < -0.4 is 5.32 Å². The maximum atomic E-state index is 12.6. The highest BCUT2D eigenvalue weighted by Crippen LogP contribution is 2.27. The number of nitrogens with one attached hydrogen (secondary N) is 1. The molecule has 1 aliphatic carbocycles. The lowest BCUT2D eigenvalue weighted by Crippen LogP contribution is -2.34. The molecule has 1 aliphatic rings. The summed E-state index contributed by atoms with van der Waals surface area (Å²) in [5.74, 6) is -0.0264. The van der Waals surface area contributed by atoms with Crippen molar-refractivity contribution in [3.05, 3.63) is 47.3 Å². The van der Waals surface area contributed by atoms with Crippen LogP contribution in [0.1, 0.15) is 54.9 Å². The number of amides is 1. The Labute approximate surface area is 131 Å². The standard InChI is InChI=1S/C18H23N3O/c1-3-13(4-2)19-18(22)17-15-11-8-12-16(15)21(20-17)14-9-6-5-7-10-14/h5-7,9-10,13H,3-4,8,11-12H2,1-2H3,(H,19,22). The molecule has 0 saturated heterocycles. The first kappa shape index (κ1) is 14.8. The summed E-state index contributed by atoms with van der Waals surface area (Å²) in [6.45, 7) is 4.20. The van der Waals surface area contributed by atoms with Gasteiger partial charge in [-0.1, -0.05) is 32.0 Å². The summed E-state index contributed by atoms with van der Waals surface area (Å²) in [4.78, 5) is 12.6. The minimum absolute atomic E-state index is 0.0264. The van der Waals surface area contributed by atoms with Crippen LogP contribution in [-0.2, 0) is 12.8 Å². The zero-order chi connectivity index (χ0) is 15.5. The maximum absolute atomic E-state index is 12.6. The van der Waals surface area contributed by atoms with Crippen LogP contribution >= 0.6 is 0 Å². The van der Waals surface area contributed by atoms with Gasteiger partial charge in [0.25, 0.3) is 5.91 Å². The molecule has 116 valence electrons. The topological polar surface area (TPSA) is 46.9 Å². The predicted molar refractivity (Wildman–Crippen MR) is 87.4 cm³/mol. The molecule has 0 fully saturated rings. The summed E-state index contributed by atoms with van der Waals surface area (Å²) >= 11 is 0. The summed E-state index contributed by atoms with van der Waals surface area (Å²) in [6, 6.07) is 10.3. The van der Waals surface area contributed by atoms with E-state index in [-0.39, 0.29) is 11.9 Å². The molecule has 0 saturated carbocycles. The van der Waals surface area contributed by atoms with Crippen LogP contribution in [0.2, 0.25) is 0 Å². The molecule has 1 aromatic carbocycles. The molecule has 1 heterocycles. The van der Waals surface area contributed by atoms with Crippen molar-refractivity contribution < 1.29 is 4.79 Å². The van der Waals surface area contributed by atoms with Gasteiger partial charge in [-0.2, -0.15) is 5.10 Å². The minimum Gasteiger partial charge on any atom is -0.348 e. The van der Waals surface area contributed by atoms with E-state index in [4.69, 9.17) is 0 Å². The van der Waals surface area contributed by atoms with Gasteiger partial charge in [-0.3, -0.25) is 4.79 Å². The molecule has 22 heavy (non-hydrogen) atoms. The van der Waals surface area contributed by atoms with Gasteiger partial charge in [-0.05, 0) is 44.2 Å². The molecular formula is C18H23N3O. The number of carbonyl (C=O) groups is 1. The average molecular weight is 297 g/mol. The van der Waals surface area contributed by atoms with Gasteiger partial charge >= 0.3 is 0 Å². The fourth-order valence-corrected chi connectivity index (χ4v) is 3.15. The van der Waals surface area contributed by atoms with Gasteiger partial charge in [-0.25, -0.2) is 4.68 Å². The zero-order valence-corrected chi connectivity index (χ0v) is 13.3. The molecule has 4 heteroatoms. The molecule has 0 bridgehead atoms. The molecule has 0 radical (unpaired) electrons. The molecule has 1 aromatic heterocycles. The summed E-state index contributed by atoms with van der Waals surface area (Å²) in [7, 11) is 0. The Morgan fingerprint density at radius 1 is 1.23 bits per heavy atom. The summed E-state index contributed by atoms with van der Waals surface area (Å²) in [5.41, 5.74) is 3.97. The Balaban J connectivity index is 1.95. The first-order chi connectivity index (χ1) is 10.7. The molecule has 0 aliphatic heterocycles. The SMILES string of the molecule is CCC(CC)NC(=O)c1nn(-c2ccccc2)c2c1CCC2. The van der Waals surface area contributed by atoms with E-state index in [1.807, 2.05) is 35.0 Å². The maximum Gasteiger partial charge on any atom is 0.272 e. The number of rotatable bonds is 5. The Hall–Kier alpha value is -2.10. The lowest BCUT2D eigenvalue weighted by Gasteiger charge is -2.13. The molecule has 0 spiro atoms. The van der Waals surface area contributed by atoms with Gasteiger partial charge in [0.1, 0.15) is 0 Å². The minimum atomic E-state index is -0.0264. The number of hydrogen-bond donors (Lipinski definition) is 1. The number of fused-ring (bicyclic) bond motifs is 1. The van der Waals surface area contributed by atoms with Crippen molar-refractivity contribution in [3.8, 4) is 5.69 Å². The van der Waals surface area contributed by atoms with E-state index < -0.39 is 0 Å². The van der Waals surface area contributed by atoms with Crippen molar-refractivity contribution in [2.45, 2.75) is 52.0 Å². The van der Waals surface area contributed by atoms with Crippen LogP contribution in [0.3, 0.4) is 0 Å². The van der Waals surface area contributed by atoms with Crippen LogP contribution in [0.4, 0.5) is 0 Å². The highest BCUT2D eigenvalue weighted by molar-refractivity contribution is 5.94. The first-order valence-electron chi connectivity index (χ1n) is 8.21. The number of benzene rings is 1. The Morgan fingerprint density at radius 3 is 2.64 bits per heavy atom. The second kappa shape index (κ2) is 6.34. The average Bonchev–Trinajstić information content (AvgIpc) is 3.15. The summed E-state index contributed by atoms with van der Waals surface area (Å²) < 4.78 is 1.95. The zero-order valence-electron chi connectivity index (χ0n) is 13.3. The van der Waals surface area contributed by atoms with Crippen LogP contribution in [0.25, 0.3) is 5.69 Å². The highest BCUT2D eigenvalue weighted by atomic mass is 16.2. The van der Waals surface area contributed by atoms with E-state index in [9.17, 15) is 4.79 Å². The Kier molecular flexibility index (Phi) is 4.27. The molecule has 4 nitrogen and oxygen atoms in total. The van der Waals surface area contributed by atoms with E-state index in [1.165, 1.54) is 5.69 Å². The normalized spacial score (nSPS) is 13.4. The van der Waals surface area contributed by atoms with E-state index in [0.29, 0.717) is 5.69 Å². The van der Waals surface area contributed by atoms with Crippen molar-refractivity contribution in [1.29, 1.82) is 0 Å². The van der Waals surface area contributed by atoms with Crippen molar-refractivity contribution in [2.75, 3.05) is 0 Å². The molecule has 3 rings (SSSR count). The number of para-hydroxylation sites is 1. The fourth-order valence-electron chi connectivity index (χ4n) is 3.15. The molecular weight excluding hydrogens is 274 g/mol. The van der Waals surface area contributed by atoms with E-state index in [1.54, 1.807) is 0 Å². The molecule has 2 aromatic rings. The number of aromatic nitrogens is 2. The molecule has 0 unspecified atom stereocenters. The fraction of sp³-hybridized carbons (Fsp3) is 0.444. The largest absolute Gasteiger partial charge is 0.348 e. The van der Waals surface area contributed by atoms with Crippen LogP contribution in [-0.4, -0.2) is 21.7 Å². The lowest BCUT2D eigenvalue weighted by molar-refractivity contribution is 0.0928. The third kappa shape index (κ3) is 2.65. The van der Waals surface area contributed by atoms with Crippen molar-refractivity contribution in [1.82, 2.24) is 15.1 Å². The molecule has 1 N–H and O–H groups in total.